The fourth-order valence-electron chi connectivity index (χ4n) is 0.456. The lowest BCUT2D eigenvalue weighted by Crippen LogP contribution is -2.40. The third kappa shape index (κ3) is 2.57. The molecule has 3 atom stereocenters. The molecule has 4 N–H and O–H groups in total. The smallest absolute Gasteiger partial charge is 0.118 e. The largest absolute Gasteiger partial charge is 0.394 e. The second kappa shape index (κ2) is 4.56. The summed E-state index contributed by atoms with van der Waals surface area (Å²) in [5.41, 5.74) is 0. The molecular weight excluding hydrogens is 143 g/mol. The van der Waals surface area contributed by atoms with Gasteiger partial charge in [0.2, 0.25) is 0 Å². The van der Waals surface area contributed by atoms with Gasteiger partial charge in [0.1, 0.15) is 25.0 Å². The van der Waals surface area contributed by atoms with Crippen molar-refractivity contribution >= 4 is 0 Å². The maximum absolute atomic E-state index is 11.5. The molecule has 0 radical (unpaired) electrons. The minimum atomic E-state index is -1.62. The second-order valence-corrected chi connectivity index (χ2v) is 1.96. The third-order valence-corrected chi connectivity index (χ3v) is 1.13. The standard InChI is InChI=1S/C5H11FO4/c6-1-3(8)5(10)4(9)2-7/h3-5,7-10H,1-2H2. The Morgan fingerprint density at radius 2 is 1.60 bits per heavy atom. The van der Waals surface area contributed by atoms with Gasteiger partial charge in [-0.15, -0.1) is 0 Å². The molecule has 62 valence electrons. The summed E-state index contributed by atoms with van der Waals surface area (Å²) in [6.07, 6.45) is -4.72. The van der Waals surface area contributed by atoms with Crippen LogP contribution in [0.25, 0.3) is 0 Å². The topological polar surface area (TPSA) is 80.9 Å². The Morgan fingerprint density at radius 3 is 1.90 bits per heavy atom. The lowest BCUT2D eigenvalue weighted by molar-refractivity contribution is -0.0817. The van der Waals surface area contributed by atoms with Crippen LogP contribution < -0.4 is 0 Å². The van der Waals surface area contributed by atoms with Gasteiger partial charge in [-0.2, -0.15) is 0 Å². The molecule has 0 aromatic heterocycles. The fourth-order valence-corrected chi connectivity index (χ4v) is 0.456. The first-order valence-electron chi connectivity index (χ1n) is 2.84. The van der Waals surface area contributed by atoms with Gasteiger partial charge in [0, 0.05) is 0 Å². The Morgan fingerprint density at radius 1 is 1.10 bits per heavy atom. The highest BCUT2D eigenvalue weighted by Crippen LogP contribution is 1.99. The van der Waals surface area contributed by atoms with Gasteiger partial charge in [0.15, 0.2) is 0 Å². The molecule has 0 spiro atoms. The van der Waals surface area contributed by atoms with Gasteiger partial charge in [-0.05, 0) is 0 Å². The number of hydrogen-bond acceptors (Lipinski definition) is 4. The average molecular weight is 154 g/mol. The number of aliphatic hydroxyl groups excluding tert-OH is 4. The lowest BCUT2D eigenvalue weighted by atomic mass is 10.1. The molecule has 0 saturated heterocycles. The Hall–Kier alpha value is -0.230. The van der Waals surface area contributed by atoms with Gasteiger partial charge in [-0.25, -0.2) is 4.39 Å². The van der Waals surface area contributed by atoms with Crippen molar-refractivity contribution in [3.63, 3.8) is 0 Å². The Kier molecular flexibility index (Phi) is 4.46. The first-order valence-corrected chi connectivity index (χ1v) is 2.84. The predicted octanol–water partition coefficient (Wildman–Crippen LogP) is -1.97. The molecule has 5 heteroatoms. The summed E-state index contributed by atoms with van der Waals surface area (Å²) in [5.74, 6) is 0. The summed E-state index contributed by atoms with van der Waals surface area (Å²) in [4.78, 5) is 0. The molecule has 0 saturated carbocycles. The number of hydrogen-bond donors (Lipinski definition) is 4. The molecule has 0 rings (SSSR count). The second-order valence-electron chi connectivity index (χ2n) is 1.96. The van der Waals surface area contributed by atoms with Crippen LogP contribution in [0.5, 0.6) is 0 Å². The molecule has 0 aromatic carbocycles. The minimum Gasteiger partial charge on any atom is -0.394 e. The van der Waals surface area contributed by atoms with Crippen LogP contribution in [0.2, 0.25) is 0 Å². The van der Waals surface area contributed by atoms with E-state index in [1.54, 1.807) is 0 Å². The van der Waals surface area contributed by atoms with E-state index in [2.05, 4.69) is 0 Å². The Balaban J connectivity index is 3.69. The van der Waals surface area contributed by atoms with Crippen molar-refractivity contribution in [1.82, 2.24) is 0 Å². The van der Waals surface area contributed by atoms with Gasteiger partial charge >= 0.3 is 0 Å². The van der Waals surface area contributed by atoms with E-state index >= 15 is 0 Å². The van der Waals surface area contributed by atoms with Crippen molar-refractivity contribution in [3.8, 4) is 0 Å². The van der Waals surface area contributed by atoms with E-state index < -0.39 is 31.6 Å². The normalized spacial score (nSPS) is 20.1. The zero-order valence-corrected chi connectivity index (χ0v) is 5.31. The van der Waals surface area contributed by atoms with Crippen LogP contribution in [-0.2, 0) is 0 Å². The van der Waals surface area contributed by atoms with Crippen LogP contribution in [0.3, 0.4) is 0 Å². The highest BCUT2D eigenvalue weighted by atomic mass is 19.1. The summed E-state index contributed by atoms with van der Waals surface area (Å²) < 4.78 is 11.5. The van der Waals surface area contributed by atoms with E-state index in [4.69, 9.17) is 20.4 Å². The maximum atomic E-state index is 11.5. The summed E-state index contributed by atoms with van der Waals surface area (Å²) in [6.45, 7) is -1.84. The average Bonchev–Trinajstić information content (AvgIpc) is 2.00. The number of alkyl halides is 1. The molecule has 0 aliphatic carbocycles. The van der Waals surface area contributed by atoms with Crippen LogP contribution in [0, 0.1) is 0 Å². The van der Waals surface area contributed by atoms with Gasteiger partial charge in [-0.3, -0.25) is 0 Å². The summed E-state index contributed by atoms with van der Waals surface area (Å²) in [6, 6.07) is 0. The highest BCUT2D eigenvalue weighted by molar-refractivity contribution is 4.73. The molecule has 0 fully saturated rings. The monoisotopic (exact) mass is 154 g/mol. The molecule has 0 bridgehead atoms. The SMILES string of the molecule is OCC(O)C(O)C(O)CF. The summed E-state index contributed by atoms with van der Waals surface area (Å²) in [5, 5.41) is 34.0. The van der Waals surface area contributed by atoms with Crippen LogP contribution in [0.1, 0.15) is 0 Å². The van der Waals surface area contributed by atoms with Crippen molar-refractivity contribution in [2.75, 3.05) is 13.3 Å². The van der Waals surface area contributed by atoms with Crippen molar-refractivity contribution in [2.24, 2.45) is 0 Å². The van der Waals surface area contributed by atoms with E-state index in [0.717, 1.165) is 0 Å². The quantitative estimate of drug-likeness (QED) is 0.378. The van der Waals surface area contributed by atoms with E-state index in [1.807, 2.05) is 0 Å². The van der Waals surface area contributed by atoms with Crippen molar-refractivity contribution in [3.05, 3.63) is 0 Å². The molecule has 0 amide bonds. The van der Waals surface area contributed by atoms with E-state index in [-0.39, 0.29) is 0 Å². The molecule has 0 aliphatic rings. The van der Waals surface area contributed by atoms with Crippen LogP contribution in [-0.4, -0.2) is 52.0 Å². The highest BCUT2D eigenvalue weighted by Gasteiger charge is 2.23. The van der Waals surface area contributed by atoms with E-state index in [9.17, 15) is 4.39 Å². The van der Waals surface area contributed by atoms with Crippen LogP contribution in [0.15, 0.2) is 0 Å². The van der Waals surface area contributed by atoms with E-state index in [0.29, 0.717) is 0 Å². The number of halogens is 1. The summed E-state index contributed by atoms with van der Waals surface area (Å²) in [7, 11) is 0. The maximum Gasteiger partial charge on any atom is 0.118 e. The third-order valence-electron chi connectivity index (χ3n) is 1.13. The van der Waals surface area contributed by atoms with Crippen molar-refractivity contribution < 1.29 is 24.8 Å². The predicted molar refractivity (Wildman–Crippen MR) is 31.1 cm³/mol. The molecule has 0 aliphatic heterocycles. The molecule has 4 nitrogen and oxygen atoms in total. The van der Waals surface area contributed by atoms with Crippen molar-refractivity contribution in [2.45, 2.75) is 18.3 Å². The van der Waals surface area contributed by atoms with Crippen molar-refractivity contribution in [1.29, 1.82) is 0 Å². The molecule has 0 heterocycles. The number of rotatable bonds is 4. The van der Waals surface area contributed by atoms with Gasteiger partial charge < -0.3 is 20.4 Å². The van der Waals surface area contributed by atoms with Gasteiger partial charge in [0.25, 0.3) is 0 Å². The lowest BCUT2D eigenvalue weighted by Gasteiger charge is -2.18. The van der Waals surface area contributed by atoms with Gasteiger partial charge in [-0.1, -0.05) is 0 Å². The zero-order valence-electron chi connectivity index (χ0n) is 5.31. The van der Waals surface area contributed by atoms with E-state index in [1.165, 1.54) is 0 Å². The van der Waals surface area contributed by atoms with Gasteiger partial charge in [0.05, 0.1) is 6.61 Å². The molecular formula is C5H11FO4. The molecule has 3 unspecified atom stereocenters. The Bertz CT molecular complexity index is 79.7. The zero-order chi connectivity index (χ0) is 8.15. The first-order chi connectivity index (χ1) is 4.63. The van der Waals surface area contributed by atoms with Crippen LogP contribution in [0.4, 0.5) is 4.39 Å². The van der Waals surface area contributed by atoms with Crippen LogP contribution >= 0.6 is 0 Å². The molecule has 0 aromatic rings. The summed E-state index contributed by atoms with van der Waals surface area (Å²) >= 11 is 0. The fraction of sp³-hybridized carbons (Fsp3) is 1.00. The number of aliphatic hydroxyl groups is 4. The minimum absolute atomic E-state index is 0.696. The first kappa shape index (κ1) is 9.77. The Labute approximate surface area is 57.5 Å². The molecule has 10 heavy (non-hydrogen) atoms.